The molecule has 4 nitrogen and oxygen atoms in total. The minimum Gasteiger partial charge on any atom is -0.496 e. The fourth-order valence-corrected chi connectivity index (χ4v) is 1.86. The van der Waals surface area contributed by atoms with E-state index >= 15 is 0 Å². The number of methoxy groups -OCH3 is 1. The highest BCUT2D eigenvalue weighted by atomic mass is 16.5. The smallest absolute Gasteiger partial charge is 0.237 e. The molecule has 2 atom stereocenters. The van der Waals surface area contributed by atoms with Crippen LogP contribution in [-0.4, -0.2) is 19.1 Å². The zero-order valence-electron chi connectivity index (χ0n) is 11.3. The summed E-state index contributed by atoms with van der Waals surface area (Å²) < 4.78 is 5.27. The number of rotatable bonds is 6. The van der Waals surface area contributed by atoms with Gasteiger partial charge in [0.2, 0.25) is 5.91 Å². The molecular formula is C14H22N2O2. The number of carbonyl (C=O) groups excluding carboxylic acids is 1. The third-order valence-corrected chi connectivity index (χ3v) is 2.90. The van der Waals surface area contributed by atoms with Crippen LogP contribution in [0.5, 0.6) is 5.75 Å². The molecule has 0 bridgehead atoms. The Bertz CT molecular complexity index is 393. The Kier molecular flexibility index (Phi) is 5.65. The largest absolute Gasteiger partial charge is 0.496 e. The zero-order valence-corrected chi connectivity index (χ0v) is 11.3. The number of carbonyl (C=O) groups is 1. The fraction of sp³-hybridized carbons (Fsp3) is 0.500. The topological polar surface area (TPSA) is 64.4 Å². The van der Waals surface area contributed by atoms with Gasteiger partial charge in [-0.25, -0.2) is 0 Å². The van der Waals surface area contributed by atoms with E-state index in [0.29, 0.717) is 6.42 Å². The van der Waals surface area contributed by atoms with Gasteiger partial charge < -0.3 is 15.8 Å². The summed E-state index contributed by atoms with van der Waals surface area (Å²) in [5, 5.41) is 2.91. The molecule has 0 radical (unpaired) electrons. The lowest BCUT2D eigenvalue weighted by Crippen LogP contribution is -2.41. The number of hydrogen-bond donors (Lipinski definition) is 2. The predicted octanol–water partition coefficient (Wildman–Crippen LogP) is 2.00. The van der Waals surface area contributed by atoms with Crippen LogP contribution in [0.3, 0.4) is 0 Å². The molecule has 1 amide bonds. The molecule has 0 saturated heterocycles. The van der Waals surface area contributed by atoms with Gasteiger partial charge in [0.25, 0.3) is 0 Å². The summed E-state index contributed by atoms with van der Waals surface area (Å²) in [4.78, 5) is 11.8. The van der Waals surface area contributed by atoms with Gasteiger partial charge in [-0.2, -0.15) is 0 Å². The molecule has 1 unspecified atom stereocenters. The molecule has 4 heteroatoms. The minimum atomic E-state index is -0.438. The van der Waals surface area contributed by atoms with Crippen LogP contribution >= 0.6 is 0 Å². The lowest BCUT2D eigenvalue weighted by atomic mass is 10.1. The van der Waals surface area contributed by atoms with Crippen LogP contribution in [0.25, 0.3) is 0 Å². The van der Waals surface area contributed by atoms with Crippen LogP contribution in [0.15, 0.2) is 24.3 Å². The normalized spacial score (nSPS) is 13.8. The van der Waals surface area contributed by atoms with Crippen LogP contribution in [0.4, 0.5) is 0 Å². The maximum absolute atomic E-state index is 11.8. The van der Waals surface area contributed by atoms with Crippen LogP contribution in [0.1, 0.15) is 38.3 Å². The van der Waals surface area contributed by atoms with Gasteiger partial charge in [-0.1, -0.05) is 31.5 Å². The molecule has 0 heterocycles. The molecule has 1 aromatic carbocycles. The number of nitrogens with two attached hydrogens (primary N) is 1. The van der Waals surface area contributed by atoms with Crippen molar-refractivity contribution >= 4 is 5.91 Å². The first-order valence-corrected chi connectivity index (χ1v) is 6.29. The monoisotopic (exact) mass is 250 g/mol. The van der Waals surface area contributed by atoms with Gasteiger partial charge >= 0.3 is 0 Å². The van der Waals surface area contributed by atoms with Crippen LogP contribution in [0.2, 0.25) is 0 Å². The Morgan fingerprint density at radius 3 is 2.72 bits per heavy atom. The second kappa shape index (κ2) is 7.01. The van der Waals surface area contributed by atoms with Crippen molar-refractivity contribution in [3.8, 4) is 5.75 Å². The summed E-state index contributed by atoms with van der Waals surface area (Å²) in [6, 6.07) is 7.09. The van der Waals surface area contributed by atoms with Gasteiger partial charge in [-0.3, -0.25) is 4.79 Å². The lowest BCUT2D eigenvalue weighted by molar-refractivity contribution is -0.123. The summed E-state index contributed by atoms with van der Waals surface area (Å²) in [7, 11) is 1.62. The first-order valence-electron chi connectivity index (χ1n) is 6.29. The van der Waals surface area contributed by atoms with E-state index in [9.17, 15) is 4.79 Å². The van der Waals surface area contributed by atoms with Crippen LogP contribution in [-0.2, 0) is 4.79 Å². The molecule has 0 spiro atoms. The van der Waals surface area contributed by atoms with Crippen molar-refractivity contribution in [3.05, 3.63) is 29.8 Å². The molecule has 0 aliphatic rings. The summed E-state index contributed by atoms with van der Waals surface area (Å²) in [6.07, 6.45) is 1.60. The molecule has 3 N–H and O–H groups in total. The van der Waals surface area contributed by atoms with Gasteiger partial charge in [0.15, 0.2) is 0 Å². The number of ether oxygens (including phenoxy) is 1. The van der Waals surface area contributed by atoms with Gasteiger partial charge in [0.05, 0.1) is 19.2 Å². The first kappa shape index (κ1) is 14.5. The third kappa shape index (κ3) is 3.74. The van der Waals surface area contributed by atoms with E-state index in [2.05, 4.69) is 5.32 Å². The maximum atomic E-state index is 11.8. The van der Waals surface area contributed by atoms with E-state index < -0.39 is 6.04 Å². The molecule has 18 heavy (non-hydrogen) atoms. The maximum Gasteiger partial charge on any atom is 0.237 e. The van der Waals surface area contributed by atoms with E-state index in [1.54, 1.807) is 7.11 Å². The molecule has 0 saturated carbocycles. The summed E-state index contributed by atoms with van der Waals surface area (Å²) in [6.45, 7) is 3.94. The number of hydrogen-bond acceptors (Lipinski definition) is 3. The van der Waals surface area contributed by atoms with Crippen LogP contribution in [0, 0.1) is 0 Å². The van der Waals surface area contributed by atoms with E-state index in [4.69, 9.17) is 10.5 Å². The highest BCUT2D eigenvalue weighted by molar-refractivity contribution is 5.81. The Balaban J connectivity index is 2.70. The van der Waals surface area contributed by atoms with Crippen molar-refractivity contribution in [2.45, 2.75) is 38.8 Å². The predicted molar refractivity (Wildman–Crippen MR) is 72.4 cm³/mol. The average molecular weight is 250 g/mol. The highest BCUT2D eigenvalue weighted by Crippen LogP contribution is 2.24. The van der Waals surface area contributed by atoms with Gasteiger partial charge in [0.1, 0.15) is 5.75 Å². The molecule has 0 aliphatic carbocycles. The van der Waals surface area contributed by atoms with E-state index in [-0.39, 0.29) is 11.9 Å². The average Bonchev–Trinajstić information content (AvgIpc) is 2.38. The Hall–Kier alpha value is -1.55. The molecule has 1 aromatic rings. The van der Waals surface area contributed by atoms with E-state index in [0.717, 1.165) is 17.7 Å². The van der Waals surface area contributed by atoms with Crippen molar-refractivity contribution in [1.29, 1.82) is 0 Å². The summed E-state index contributed by atoms with van der Waals surface area (Å²) >= 11 is 0. The highest BCUT2D eigenvalue weighted by Gasteiger charge is 2.17. The number of para-hydroxylation sites is 1. The quantitative estimate of drug-likeness (QED) is 0.811. The van der Waals surface area contributed by atoms with E-state index in [1.807, 2.05) is 38.1 Å². The van der Waals surface area contributed by atoms with Crippen molar-refractivity contribution < 1.29 is 9.53 Å². The summed E-state index contributed by atoms with van der Waals surface area (Å²) in [5.74, 6) is 0.657. The fourth-order valence-electron chi connectivity index (χ4n) is 1.86. The van der Waals surface area contributed by atoms with Gasteiger partial charge in [-0.15, -0.1) is 0 Å². The Morgan fingerprint density at radius 1 is 1.44 bits per heavy atom. The molecule has 0 fully saturated rings. The minimum absolute atomic E-state index is 0.114. The zero-order chi connectivity index (χ0) is 13.5. The molecular weight excluding hydrogens is 228 g/mol. The standard InChI is InChI=1S/C14H22N2O2/c1-4-7-12(15)14(17)16-10(2)11-8-5-6-9-13(11)18-3/h5-6,8-10,12H,4,7,15H2,1-3H3,(H,16,17)/t10?,12-/m1/s1. The SMILES string of the molecule is CCC[C@@H](N)C(=O)NC(C)c1ccccc1OC. The van der Waals surface area contributed by atoms with Crippen molar-refractivity contribution in [3.63, 3.8) is 0 Å². The van der Waals surface area contributed by atoms with Crippen molar-refractivity contribution in [2.75, 3.05) is 7.11 Å². The number of amides is 1. The van der Waals surface area contributed by atoms with Gasteiger partial charge in [0, 0.05) is 5.56 Å². The summed E-state index contributed by atoms with van der Waals surface area (Å²) in [5.41, 5.74) is 6.74. The van der Waals surface area contributed by atoms with Crippen molar-refractivity contribution in [2.24, 2.45) is 5.73 Å². The third-order valence-electron chi connectivity index (χ3n) is 2.90. The number of benzene rings is 1. The van der Waals surface area contributed by atoms with Crippen molar-refractivity contribution in [1.82, 2.24) is 5.32 Å². The Morgan fingerprint density at radius 2 is 2.11 bits per heavy atom. The Labute approximate surface area is 109 Å². The second-order valence-corrected chi connectivity index (χ2v) is 4.37. The lowest BCUT2D eigenvalue weighted by Gasteiger charge is -2.19. The first-order chi connectivity index (χ1) is 8.60. The molecule has 0 aliphatic heterocycles. The molecule has 0 aromatic heterocycles. The molecule has 100 valence electrons. The van der Waals surface area contributed by atoms with Gasteiger partial charge in [-0.05, 0) is 19.4 Å². The van der Waals surface area contributed by atoms with Crippen LogP contribution < -0.4 is 15.8 Å². The second-order valence-electron chi connectivity index (χ2n) is 4.37. The van der Waals surface area contributed by atoms with E-state index in [1.165, 1.54) is 0 Å². The number of nitrogens with one attached hydrogen (secondary N) is 1. The molecule has 1 rings (SSSR count).